The van der Waals surface area contributed by atoms with Crippen molar-refractivity contribution in [2.24, 2.45) is 0 Å². The van der Waals surface area contributed by atoms with Gasteiger partial charge in [-0.15, -0.1) is 32.9 Å². The average Bonchev–Trinajstić information content (AvgIpc) is 3.51. The first-order chi connectivity index (χ1) is 15.4. The maximum absolute atomic E-state index is 12.5. The van der Waals surface area contributed by atoms with Gasteiger partial charge in [0.15, 0.2) is 16.1 Å². The number of nitrogens with one attached hydrogen (secondary N) is 1. The van der Waals surface area contributed by atoms with E-state index in [4.69, 9.17) is 11.6 Å². The van der Waals surface area contributed by atoms with Crippen LogP contribution in [-0.2, 0) is 11.3 Å². The SMILES string of the molecule is CCn1c(SCC(=O)Nc2nc(-c3ccc(Cl)cc3)cs2)nnc1-c1csc(C(C)C)c1. The molecule has 166 valence electrons. The van der Waals surface area contributed by atoms with Crippen molar-refractivity contribution in [1.29, 1.82) is 0 Å². The number of thioether (sulfide) groups is 1. The monoisotopic (exact) mass is 503 g/mol. The van der Waals surface area contributed by atoms with Crippen LogP contribution in [0.4, 0.5) is 5.13 Å². The highest BCUT2D eigenvalue weighted by Gasteiger charge is 2.17. The Morgan fingerprint density at radius 1 is 1.16 bits per heavy atom. The second-order valence-electron chi connectivity index (χ2n) is 7.32. The van der Waals surface area contributed by atoms with E-state index in [0.717, 1.165) is 34.3 Å². The molecule has 1 aromatic carbocycles. The number of halogens is 1. The van der Waals surface area contributed by atoms with Crippen LogP contribution in [0, 0.1) is 0 Å². The van der Waals surface area contributed by atoms with Crippen LogP contribution < -0.4 is 5.32 Å². The fourth-order valence-corrected chi connectivity index (χ4v) is 5.60. The fourth-order valence-electron chi connectivity index (χ4n) is 3.04. The van der Waals surface area contributed by atoms with Crippen LogP contribution in [0.15, 0.2) is 46.2 Å². The van der Waals surface area contributed by atoms with Gasteiger partial charge in [-0.1, -0.05) is 49.3 Å². The lowest BCUT2D eigenvalue weighted by molar-refractivity contribution is -0.113. The van der Waals surface area contributed by atoms with Crippen LogP contribution >= 0.6 is 46.0 Å². The number of rotatable bonds is 8. The highest BCUT2D eigenvalue weighted by molar-refractivity contribution is 7.99. The summed E-state index contributed by atoms with van der Waals surface area (Å²) in [6.45, 7) is 7.15. The summed E-state index contributed by atoms with van der Waals surface area (Å²) in [7, 11) is 0. The van der Waals surface area contributed by atoms with Gasteiger partial charge in [-0.2, -0.15) is 0 Å². The van der Waals surface area contributed by atoms with Gasteiger partial charge in [-0.3, -0.25) is 4.79 Å². The van der Waals surface area contributed by atoms with Gasteiger partial charge in [0.1, 0.15) is 0 Å². The van der Waals surface area contributed by atoms with Crippen LogP contribution in [0.25, 0.3) is 22.6 Å². The predicted octanol–water partition coefficient (Wildman–Crippen LogP) is 6.66. The van der Waals surface area contributed by atoms with Crippen molar-refractivity contribution in [3.63, 3.8) is 0 Å². The summed E-state index contributed by atoms with van der Waals surface area (Å²) >= 11 is 10.4. The number of anilines is 1. The Bertz CT molecular complexity index is 1210. The van der Waals surface area contributed by atoms with Gasteiger partial charge in [0.2, 0.25) is 5.91 Å². The third-order valence-corrected chi connectivity index (χ3v) is 7.91. The normalized spacial score (nSPS) is 11.3. The van der Waals surface area contributed by atoms with E-state index in [1.54, 1.807) is 11.3 Å². The lowest BCUT2D eigenvalue weighted by atomic mass is 10.1. The summed E-state index contributed by atoms with van der Waals surface area (Å²) in [5, 5.41) is 17.6. The first-order valence-electron chi connectivity index (χ1n) is 10.1. The molecule has 0 aliphatic carbocycles. The zero-order chi connectivity index (χ0) is 22.7. The van der Waals surface area contributed by atoms with E-state index in [2.05, 4.69) is 52.7 Å². The Hall–Kier alpha value is -2.20. The first-order valence-corrected chi connectivity index (χ1v) is 13.2. The van der Waals surface area contributed by atoms with Crippen molar-refractivity contribution in [1.82, 2.24) is 19.7 Å². The van der Waals surface area contributed by atoms with Crippen LogP contribution in [-0.4, -0.2) is 31.4 Å². The number of hydrogen-bond acceptors (Lipinski definition) is 7. The zero-order valence-electron chi connectivity index (χ0n) is 17.8. The Kier molecular flexibility index (Phi) is 7.30. The summed E-state index contributed by atoms with van der Waals surface area (Å²) in [5.74, 6) is 1.42. The summed E-state index contributed by atoms with van der Waals surface area (Å²) in [4.78, 5) is 18.3. The molecule has 0 saturated heterocycles. The minimum Gasteiger partial charge on any atom is -0.302 e. The van der Waals surface area contributed by atoms with Gasteiger partial charge in [0.25, 0.3) is 0 Å². The number of thiophene rings is 1. The largest absolute Gasteiger partial charge is 0.302 e. The van der Waals surface area contributed by atoms with Crippen LogP contribution in [0.5, 0.6) is 0 Å². The summed E-state index contributed by atoms with van der Waals surface area (Å²) in [5.41, 5.74) is 2.83. The Balaban J connectivity index is 1.39. The maximum Gasteiger partial charge on any atom is 0.236 e. The molecule has 32 heavy (non-hydrogen) atoms. The summed E-state index contributed by atoms with van der Waals surface area (Å²) in [6.07, 6.45) is 0. The van der Waals surface area contributed by atoms with Gasteiger partial charge in [0, 0.05) is 38.3 Å². The van der Waals surface area contributed by atoms with E-state index < -0.39 is 0 Å². The standard InChI is InChI=1S/C22H22ClN5OS3/c1-4-28-20(15-9-18(13(2)3)30-10-15)26-27-22(28)32-12-19(29)25-21-24-17(11-31-21)14-5-7-16(23)8-6-14/h5-11,13H,4,12H2,1-3H3,(H,24,25,29). The minimum atomic E-state index is -0.128. The first kappa shape index (κ1) is 23.0. The van der Waals surface area contributed by atoms with Crippen LogP contribution in [0.2, 0.25) is 5.02 Å². The molecule has 3 aromatic heterocycles. The van der Waals surface area contributed by atoms with Gasteiger partial charge in [-0.05, 0) is 31.0 Å². The third-order valence-electron chi connectivity index (χ3n) is 4.70. The maximum atomic E-state index is 12.5. The molecule has 0 aliphatic rings. The molecular weight excluding hydrogens is 482 g/mol. The average molecular weight is 504 g/mol. The van der Waals surface area contributed by atoms with Gasteiger partial charge in [-0.25, -0.2) is 4.98 Å². The summed E-state index contributed by atoms with van der Waals surface area (Å²) in [6, 6.07) is 9.64. The number of benzene rings is 1. The van der Waals surface area contributed by atoms with Crippen molar-refractivity contribution in [2.75, 3.05) is 11.1 Å². The summed E-state index contributed by atoms with van der Waals surface area (Å²) < 4.78 is 2.05. The van der Waals surface area contributed by atoms with Gasteiger partial charge < -0.3 is 9.88 Å². The Morgan fingerprint density at radius 2 is 1.94 bits per heavy atom. The second-order valence-corrected chi connectivity index (χ2v) is 10.5. The molecule has 0 aliphatic heterocycles. The molecule has 1 amide bonds. The fraction of sp³-hybridized carbons (Fsp3) is 0.273. The number of carbonyl (C=O) groups excluding carboxylic acids is 1. The Labute approximate surface area is 204 Å². The predicted molar refractivity (Wildman–Crippen MR) is 135 cm³/mol. The molecular formula is C22H22ClN5OS3. The molecule has 4 aromatic rings. The van der Waals surface area contributed by atoms with Crippen molar-refractivity contribution in [3.8, 4) is 22.6 Å². The van der Waals surface area contributed by atoms with E-state index in [-0.39, 0.29) is 11.7 Å². The topological polar surface area (TPSA) is 72.7 Å². The number of nitrogens with zero attached hydrogens (tertiary/aromatic N) is 4. The molecule has 10 heteroatoms. The Morgan fingerprint density at radius 3 is 2.62 bits per heavy atom. The quantitative estimate of drug-likeness (QED) is 0.272. The lowest BCUT2D eigenvalue weighted by Gasteiger charge is -2.06. The smallest absolute Gasteiger partial charge is 0.236 e. The molecule has 3 heterocycles. The van der Waals surface area contributed by atoms with Gasteiger partial charge >= 0.3 is 0 Å². The number of carbonyl (C=O) groups is 1. The van der Waals surface area contributed by atoms with Crippen LogP contribution in [0.1, 0.15) is 31.6 Å². The van der Waals surface area contributed by atoms with E-state index in [0.29, 0.717) is 16.1 Å². The molecule has 0 saturated carbocycles. The zero-order valence-corrected chi connectivity index (χ0v) is 21.0. The van der Waals surface area contributed by atoms with Crippen LogP contribution in [0.3, 0.4) is 0 Å². The molecule has 0 fully saturated rings. The third kappa shape index (κ3) is 5.23. The second kappa shape index (κ2) is 10.2. The van der Waals surface area contributed by atoms with E-state index in [1.807, 2.05) is 34.2 Å². The van der Waals surface area contributed by atoms with Crippen molar-refractivity contribution in [3.05, 3.63) is 51.0 Å². The molecule has 6 nitrogen and oxygen atoms in total. The lowest BCUT2D eigenvalue weighted by Crippen LogP contribution is -2.14. The van der Waals surface area contributed by atoms with E-state index >= 15 is 0 Å². The molecule has 0 spiro atoms. The van der Waals surface area contributed by atoms with Crippen molar-refractivity contribution in [2.45, 2.75) is 38.4 Å². The minimum absolute atomic E-state index is 0.128. The molecule has 0 atom stereocenters. The van der Waals surface area contributed by atoms with E-state index in [1.165, 1.54) is 28.0 Å². The highest BCUT2D eigenvalue weighted by Crippen LogP contribution is 2.31. The number of hydrogen-bond donors (Lipinski definition) is 1. The molecule has 0 unspecified atom stereocenters. The van der Waals surface area contributed by atoms with E-state index in [9.17, 15) is 4.79 Å². The molecule has 4 rings (SSSR count). The molecule has 1 N–H and O–H groups in total. The van der Waals surface area contributed by atoms with Crippen molar-refractivity contribution >= 4 is 57.1 Å². The number of aromatic nitrogens is 4. The molecule has 0 radical (unpaired) electrons. The number of amides is 1. The highest BCUT2D eigenvalue weighted by atomic mass is 35.5. The van der Waals surface area contributed by atoms with Gasteiger partial charge in [0.05, 0.1) is 11.4 Å². The molecule has 0 bridgehead atoms. The number of thiazole rings is 1. The van der Waals surface area contributed by atoms with Crippen molar-refractivity contribution < 1.29 is 4.79 Å².